The summed E-state index contributed by atoms with van der Waals surface area (Å²) >= 11 is -0.879. The van der Waals surface area contributed by atoms with Crippen molar-refractivity contribution in [2.75, 3.05) is 26.8 Å². The van der Waals surface area contributed by atoms with Gasteiger partial charge in [-0.3, -0.25) is 0 Å². The standard InChI is InChI=1S/2C3H7O2.Al.H/c2*1-2-5-3-4;;/h2*2-3H2,1H3;;/q2*-1;+2;. The molecule has 0 atom stereocenters. The van der Waals surface area contributed by atoms with Crippen molar-refractivity contribution < 1.29 is 17.1 Å². The first-order valence-electron chi connectivity index (χ1n) is 3.72. The van der Waals surface area contributed by atoms with Crippen molar-refractivity contribution in [3.05, 3.63) is 0 Å². The molecule has 0 aromatic rings. The van der Waals surface area contributed by atoms with Crippen molar-refractivity contribution in [2.45, 2.75) is 13.8 Å². The summed E-state index contributed by atoms with van der Waals surface area (Å²) in [5.74, 6) is 0. The molecule has 0 aromatic heterocycles. The van der Waals surface area contributed by atoms with Crippen LogP contribution in [0.3, 0.4) is 0 Å². The molecule has 0 amide bonds. The first-order chi connectivity index (χ1) is 5.41. The molecule has 0 rings (SSSR count). The largest absolute Gasteiger partial charge is 0.652 e. The van der Waals surface area contributed by atoms with Crippen LogP contribution in [0.15, 0.2) is 0 Å². The van der Waals surface area contributed by atoms with Gasteiger partial charge in [0.1, 0.15) is 13.6 Å². The summed E-state index contributed by atoms with van der Waals surface area (Å²) in [6, 6.07) is 0. The Morgan fingerprint density at radius 1 is 0.909 bits per heavy atom. The van der Waals surface area contributed by atoms with Crippen LogP contribution < -0.4 is 0 Å². The Balaban J connectivity index is 2.69. The third kappa shape index (κ3) is 10.4. The molecular weight excluding hydrogens is 163 g/mol. The maximum atomic E-state index is 5.04. The highest BCUT2D eigenvalue weighted by molar-refractivity contribution is 6.17. The smallest absolute Gasteiger partial charge is 0.460 e. The van der Waals surface area contributed by atoms with Gasteiger partial charge in [-0.1, -0.05) is 0 Å². The molecule has 11 heavy (non-hydrogen) atoms. The Hall–Kier alpha value is 0.372. The summed E-state index contributed by atoms with van der Waals surface area (Å²) in [6.45, 7) is 5.89. The van der Waals surface area contributed by atoms with E-state index in [1.165, 1.54) is 0 Å². The summed E-state index contributed by atoms with van der Waals surface area (Å²) in [7, 11) is 0. The van der Waals surface area contributed by atoms with Crippen molar-refractivity contribution in [1.82, 2.24) is 0 Å². The second-order valence-corrected chi connectivity index (χ2v) is 2.80. The van der Waals surface area contributed by atoms with E-state index in [1.54, 1.807) is 0 Å². The van der Waals surface area contributed by atoms with Gasteiger partial charge in [-0.25, -0.2) is 0 Å². The highest BCUT2D eigenvalue weighted by Crippen LogP contribution is 1.79. The topological polar surface area (TPSA) is 36.9 Å². The Kier molecular flexibility index (Phi) is 10.7. The van der Waals surface area contributed by atoms with E-state index in [-0.39, 0.29) is 0 Å². The van der Waals surface area contributed by atoms with Crippen LogP contribution in [0.1, 0.15) is 13.8 Å². The molecule has 0 fully saturated rings. The number of hydrogen-bond donors (Lipinski definition) is 0. The van der Waals surface area contributed by atoms with Crippen LogP contribution >= 0.6 is 0 Å². The molecule has 5 heteroatoms. The Bertz CT molecular complexity index is 63.6. The predicted molar refractivity (Wildman–Crippen MR) is 42.3 cm³/mol. The van der Waals surface area contributed by atoms with Gasteiger partial charge in [-0.05, 0) is 13.8 Å². The molecule has 0 saturated carbocycles. The third-order valence-corrected chi connectivity index (χ3v) is 1.57. The minimum absolute atomic E-state index is 0.342. The van der Waals surface area contributed by atoms with E-state index in [0.717, 1.165) is 0 Å². The summed E-state index contributed by atoms with van der Waals surface area (Å²) in [4.78, 5) is 0. The van der Waals surface area contributed by atoms with E-state index >= 15 is 0 Å². The normalized spacial score (nSPS) is 10.0. The summed E-state index contributed by atoms with van der Waals surface area (Å²) in [5, 5.41) is 0. The van der Waals surface area contributed by atoms with E-state index in [4.69, 9.17) is 17.1 Å². The lowest BCUT2D eigenvalue weighted by molar-refractivity contribution is -0.0201. The van der Waals surface area contributed by atoms with Crippen molar-refractivity contribution in [2.24, 2.45) is 0 Å². The Labute approximate surface area is 74.1 Å². The number of ether oxygens (including phenoxy) is 2. The third-order valence-electron chi connectivity index (χ3n) is 0.908. The van der Waals surface area contributed by atoms with Crippen molar-refractivity contribution in [3.8, 4) is 0 Å². The monoisotopic (exact) mass is 178 g/mol. The maximum absolute atomic E-state index is 5.04. The highest BCUT2D eigenvalue weighted by atomic mass is 27.2. The minimum atomic E-state index is -0.879. The van der Waals surface area contributed by atoms with Gasteiger partial charge in [0, 0.05) is 13.2 Å². The lowest BCUT2D eigenvalue weighted by atomic mass is 10.9. The Morgan fingerprint density at radius 2 is 1.36 bits per heavy atom. The second kappa shape index (κ2) is 10.4. The molecule has 0 aliphatic heterocycles. The van der Waals surface area contributed by atoms with Gasteiger partial charge in [-0.2, -0.15) is 0 Å². The van der Waals surface area contributed by atoms with Gasteiger partial charge >= 0.3 is 15.9 Å². The zero-order chi connectivity index (χ0) is 8.36. The molecule has 0 unspecified atom stereocenters. The first kappa shape index (κ1) is 11.4. The minimum Gasteiger partial charge on any atom is -0.460 e. The van der Waals surface area contributed by atoms with Crippen molar-refractivity contribution in [3.63, 3.8) is 0 Å². The van der Waals surface area contributed by atoms with E-state index in [1.807, 2.05) is 13.8 Å². The van der Waals surface area contributed by atoms with E-state index < -0.39 is 15.9 Å². The molecule has 0 saturated heterocycles. The van der Waals surface area contributed by atoms with Crippen molar-refractivity contribution in [1.29, 1.82) is 0 Å². The van der Waals surface area contributed by atoms with Gasteiger partial charge in [0.2, 0.25) is 0 Å². The van der Waals surface area contributed by atoms with Crippen LogP contribution in [0, 0.1) is 0 Å². The van der Waals surface area contributed by atoms with Crippen LogP contribution in [-0.2, 0) is 17.1 Å². The van der Waals surface area contributed by atoms with E-state index in [9.17, 15) is 0 Å². The van der Waals surface area contributed by atoms with Gasteiger partial charge in [0.25, 0.3) is 0 Å². The fourth-order valence-electron chi connectivity index (χ4n) is 0.411. The quantitative estimate of drug-likeness (QED) is 0.304. The SMILES string of the molecule is CCOC[O][AlH][O]COCC. The summed E-state index contributed by atoms with van der Waals surface area (Å²) < 4.78 is 19.9. The molecule has 0 heterocycles. The lowest BCUT2D eigenvalue weighted by Gasteiger charge is -2.04. The molecular formula is C6H15AlO4. The van der Waals surface area contributed by atoms with Gasteiger partial charge in [-0.15, -0.1) is 0 Å². The van der Waals surface area contributed by atoms with Crippen LogP contribution in [0.5, 0.6) is 0 Å². The zero-order valence-electron chi connectivity index (χ0n) is 7.17. The molecule has 66 valence electrons. The van der Waals surface area contributed by atoms with E-state index in [2.05, 4.69) is 0 Å². The summed E-state index contributed by atoms with van der Waals surface area (Å²) in [6.07, 6.45) is 0. The van der Waals surface area contributed by atoms with E-state index in [0.29, 0.717) is 26.8 Å². The van der Waals surface area contributed by atoms with Crippen LogP contribution in [-0.4, -0.2) is 42.7 Å². The van der Waals surface area contributed by atoms with Crippen LogP contribution in [0.25, 0.3) is 0 Å². The summed E-state index contributed by atoms with van der Waals surface area (Å²) in [5.41, 5.74) is 0. The molecule has 0 aliphatic carbocycles. The molecule has 0 N–H and O–H groups in total. The molecule has 0 radical (unpaired) electrons. The zero-order valence-corrected chi connectivity index (χ0v) is 8.58. The predicted octanol–water partition coefficient (Wildman–Crippen LogP) is 0.274. The number of rotatable bonds is 8. The van der Waals surface area contributed by atoms with Gasteiger partial charge in [0.15, 0.2) is 0 Å². The maximum Gasteiger partial charge on any atom is 0.652 e. The fraction of sp³-hybridized carbons (Fsp3) is 1.00. The van der Waals surface area contributed by atoms with Gasteiger partial charge < -0.3 is 17.1 Å². The molecule has 0 aliphatic rings. The first-order valence-corrected chi connectivity index (χ1v) is 4.88. The Morgan fingerprint density at radius 3 is 1.73 bits per heavy atom. The molecule has 4 nitrogen and oxygen atoms in total. The van der Waals surface area contributed by atoms with Crippen LogP contribution in [0.4, 0.5) is 0 Å². The van der Waals surface area contributed by atoms with Crippen LogP contribution in [0.2, 0.25) is 0 Å². The average molecular weight is 178 g/mol. The van der Waals surface area contributed by atoms with Gasteiger partial charge in [0.05, 0.1) is 0 Å². The van der Waals surface area contributed by atoms with Crippen molar-refractivity contribution >= 4 is 15.9 Å². The number of hydrogen-bond acceptors (Lipinski definition) is 4. The lowest BCUT2D eigenvalue weighted by Crippen LogP contribution is -2.10. The molecule has 0 aromatic carbocycles. The molecule has 0 bridgehead atoms. The highest BCUT2D eigenvalue weighted by Gasteiger charge is 1.94. The average Bonchev–Trinajstić information content (AvgIpc) is 2.03. The second-order valence-electron chi connectivity index (χ2n) is 1.75. The fourth-order valence-corrected chi connectivity index (χ4v) is 0.901. The molecule has 0 spiro atoms.